The Morgan fingerprint density at radius 2 is 1.93 bits per heavy atom. The lowest BCUT2D eigenvalue weighted by atomic mass is 10.0. The molecule has 2 N–H and O–H groups in total. The molecular weight excluding hydrogens is 373 g/mol. The summed E-state index contributed by atoms with van der Waals surface area (Å²) in [7, 11) is 2.12. The van der Waals surface area contributed by atoms with E-state index in [4.69, 9.17) is 14.5 Å². The number of hydrogen-bond acceptors (Lipinski definition) is 5. The number of ether oxygens (including phenoxy) is 2. The molecule has 2 aliphatic rings. The van der Waals surface area contributed by atoms with Crippen molar-refractivity contribution < 1.29 is 13.9 Å². The normalized spacial score (nSPS) is 23.0. The van der Waals surface area contributed by atoms with E-state index in [0.717, 1.165) is 57.4 Å². The number of likely N-dealkylation sites (N-methyl/N-ethyl adjacent to an activating group) is 1. The second-order valence-corrected chi connectivity index (χ2v) is 7.57. The van der Waals surface area contributed by atoms with E-state index in [9.17, 15) is 4.39 Å². The van der Waals surface area contributed by atoms with Gasteiger partial charge in [0.2, 0.25) is 0 Å². The van der Waals surface area contributed by atoms with E-state index in [1.807, 2.05) is 12.1 Å². The minimum atomic E-state index is -0.217. The van der Waals surface area contributed by atoms with Crippen LogP contribution in [0.1, 0.15) is 18.5 Å². The molecule has 162 valence electrons. The van der Waals surface area contributed by atoms with Gasteiger partial charge in [0.1, 0.15) is 5.82 Å². The summed E-state index contributed by atoms with van der Waals surface area (Å²) >= 11 is 0. The van der Waals surface area contributed by atoms with Gasteiger partial charge in [-0.3, -0.25) is 9.89 Å². The first kappa shape index (κ1) is 22.0. The molecule has 0 aromatic heterocycles. The molecule has 0 saturated carbocycles. The second-order valence-electron chi connectivity index (χ2n) is 7.57. The van der Waals surface area contributed by atoms with Crippen LogP contribution < -0.4 is 10.6 Å². The third kappa shape index (κ3) is 6.92. The predicted octanol–water partition coefficient (Wildman–Crippen LogP) is 1.08. The molecule has 2 heterocycles. The molecule has 0 amide bonds. The van der Waals surface area contributed by atoms with Crippen LogP contribution in [0.5, 0.6) is 0 Å². The molecule has 3 rings (SSSR count). The van der Waals surface area contributed by atoms with E-state index < -0.39 is 0 Å². The number of rotatable bonds is 7. The van der Waals surface area contributed by atoms with Gasteiger partial charge in [0.15, 0.2) is 5.96 Å². The molecule has 2 saturated heterocycles. The van der Waals surface area contributed by atoms with Crippen LogP contribution in [0, 0.1) is 5.82 Å². The third-order valence-electron chi connectivity index (χ3n) is 5.35. The Morgan fingerprint density at radius 3 is 2.62 bits per heavy atom. The molecule has 7 nitrogen and oxygen atoms in total. The predicted molar refractivity (Wildman–Crippen MR) is 113 cm³/mol. The largest absolute Gasteiger partial charge is 0.379 e. The summed E-state index contributed by atoms with van der Waals surface area (Å²) in [4.78, 5) is 9.49. The average molecular weight is 408 g/mol. The van der Waals surface area contributed by atoms with Crippen molar-refractivity contribution >= 4 is 5.96 Å². The minimum absolute atomic E-state index is 0.0898. The highest BCUT2D eigenvalue weighted by molar-refractivity contribution is 5.79. The molecule has 2 fully saturated rings. The van der Waals surface area contributed by atoms with E-state index >= 15 is 0 Å². The van der Waals surface area contributed by atoms with Gasteiger partial charge in [-0.25, -0.2) is 4.39 Å². The molecule has 2 aliphatic heterocycles. The van der Waals surface area contributed by atoms with E-state index in [2.05, 4.69) is 34.4 Å². The Hall–Kier alpha value is -1.74. The molecule has 29 heavy (non-hydrogen) atoms. The second kappa shape index (κ2) is 11.4. The Kier molecular flexibility index (Phi) is 8.67. The maximum absolute atomic E-state index is 13.4. The van der Waals surface area contributed by atoms with Gasteiger partial charge >= 0.3 is 0 Å². The summed E-state index contributed by atoms with van der Waals surface area (Å²) < 4.78 is 24.8. The molecule has 1 aromatic carbocycles. The molecule has 8 heteroatoms. The summed E-state index contributed by atoms with van der Waals surface area (Å²) in [5.74, 6) is 0.565. The molecule has 0 bridgehead atoms. The van der Waals surface area contributed by atoms with Gasteiger partial charge in [0, 0.05) is 39.3 Å². The van der Waals surface area contributed by atoms with Gasteiger partial charge in [-0.1, -0.05) is 12.1 Å². The molecule has 2 unspecified atom stereocenters. The molecule has 0 radical (unpaired) electrons. The van der Waals surface area contributed by atoms with Crippen LogP contribution in [0.4, 0.5) is 4.39 Å². The number of halogens is 1. The van der Waals surface area contributed by atoms with E-state index in [0.29, 0.717) is 19.8 Å². The van der Waals surface area contributed by atoms with Crippen molar-refractivity contribution in [1.29, 1.82) is 0 Å². The van der Waals surface area contributed by atoms with Crippen molar-refractivity contribution in [3.63, 3.8) is 0 Å². The summed E-state index contributed by atoms with van der Waals surface area (Å²) in [6.45, 7) is 9.94. The van der Waals surface area contributed by atoms with Crippen molar-refractivity contribution in [2.24, 2.45) is 4.99 Å². The zero-order valence-corrected chi connectivity index (χ0v) is 17.6. The van der Waals surface area contributed by atoms with Gasteiger partial charge in [-0.2, -0.15) is 0 Å². The van der Waals surface area contributed by atoms with Crippen molar-refractivity contribution in [3.8, 4) is 0 Å². The first-order valence-electron chi connectivity index (χ1n) is 10.5. The summed E-state index contributed by atoms with van der Waals surface area (Å²) in [5, 5.41) is 6.73. The zero-order valence-electron chi connectivity index (χ0n) is 17.6. The first-order valence-corrected chi connectivity index (χ1v) is 10.5. The van der Waals surface area contributed by atoms with Crippen LogP contribution in [0.15, 0.2) is 29.3 Å². The highest BCUT2D eigenvalue weighted by Gasteiger charge is 2.23. The number of benzene rings is 1. The van der Waals surface area contributed by atoms with Gasteiger partial charge < -0.3 is 25.0 Å². The van der Waals surface area contributed by atoms with Crippen LogP contribution in [-0.4, -0.2) is 94.5 Å². The molecular formula is C21H34FN5O2. The SMILES string of the molecule is CCNC(=NCC(c1ccc(F)cc1)N1CCOCC1)NCC1CN(C)CCO1. The van der Waals surface area contributed by atoms with E-state index in [1.165, 1.54) is 12.1 Å². The number of aliphatic imine (C=N–C) groups is 1. The Morgan fingerprint density at radius 1 is 1.17 bits per heavy atom. The Bertz CT molecular complexity index is 636. The minimum Gasteiger partial charge on any atom is -0.379 e. The van der Waals surface area contributed by atoms with Crippen molar-refractivity contribution in [2.45, 2.75) is 19.1 Å². The first-order chi connectivity index (χ1) is 14.2. The number of guanidine groups is 1. The highest BCUT2D eigenvalue weighted by Crippen LogP contribution is 2.22. The molecule has 2 atom stereocenters. The topological polar surface area (TPSA) is 61.4 Å². The Balaban J connectivity index is 1.65. The van der Waals surface area contributed by atoms with Gasteiger partial charge in [-0.15, -0.1) is 0 Å². The number of morpholine rings is 2. The summed E-state index contributed by atoms with van der Waals surface area (Å²) in [6, 6.07) is 6.85. The van der Waals surface area contributed by atoms with Gasteiger partial charge in [0.05, 0.1) is 38.5 Å². The van der Waals surface area contributed by atoms with Crippen LogP contribution >= 0.6 is 0 Å². The standard InChI is InChI=1S/C21H34FN5O2/c1-3-23-21(24-14-19-16-26(2)8-13-29-19)25-15-20(27-9-11-28-12-10-27)17-4-6-18(22)7-5-17/h4-7,19-20H,3,8-16H2,1-2H3,(H2,23,24,25). The van der Waals surface area contributed by atoms with Crippen LogP contribution in [0.25, 0.3) is 0 Å². The van der Waals surface area contributed by atoms with Gasteiger partial charge in [0.25, 0.3) is 0 Å². The molecule has 1 aromatic rings. The van der Waals surface area contributed by atoms with Crippen LogP contribution in [-0.2, 0) is 9.47 Å². The average Bonchev–Trinajstić information content (AvgIpc) is 2.74. The fraction of sp³-hybridized carbons (Fsp3) is 0.667. The van der Waals surface area contributed by atoms with Crippen molar-refractivity contribution in [2.75, 3.05) is 72.7 Å². The van der Waals surface area contributed by atoms with Crippen molar-refractivity contribution in [1.82, 2.24) is 20.4 Å². The molecule has 0 spiro atoms. The fourth-order valence-corrected chi connectivity index (χ4v) is 3.73. The lowest BCUT2D eigenvalue weighted by molar-refractivity contribution is -0.0161. The third-order valence-corrected chi connectivity index (χ3v) is 5.35. The number of nitrogens with one attached hydrogen (secondary N) is 2. The van der Waals surface area contributed by atoms with Crippen molar-refractivity contribution in [3.05, 3.63) is 35.6 Å². The Labute approximate surface area is 173 Å². The van der Waals surface area contributed by atoms with Gasteiger partial charge in [-0.05, 0) is 31.7 Å². The maximum atomic E-state index is 13.4. The number of nitrogens with zero attached hydrogens (tertiary/aromatic N) is 3. The molecule has 0 aliphatic carbocycles. The quantitative estimate of drug-likeness (QED) is 0.521. The van der Waals surface area contributed by atoms with Crippen LogP contribution in [0.2, 0.25) is 0 Å². The highest BCUT2D eigenvalue weighted by atomic mass is 19.1. The summed E-state index contributed by atoms with van der Waals surface area (Å²) in [5.41, 5.74) is 1.07. The fourth-order valence-electron chi connectivity index (χ4n) is 3.73. The zero-order chi connectivity index (χ0) is 20.5. The van der Waals surface area contributed by atoms with Crippen LogP contribution in [0.3, 0.4) is 0 Å². The smallest absolute Gasteiger partial charge is 0.191 e. The van der Waals surface area contributed by atoms with E-state index in [-0.39, 0.29) is 18.0 Å². The number of hydrogen-bond donors (Lipinski definition) is 2. The lowest BCUT2D eigenvalue weighted by Gasteiger charge is -2.34. The maximum Gasteiger partial charge on any atom is 0.191 e. The van der Waals surface area contributed by atoms with E-state index in [1.54, 1.807) is 0 Å². The monoisotopic (exact) mass is 407 g/mol. The lowest BCUT2D eigenvalue weighted by Crippen LogP contribution is -2.48. The summed E-state index contributed by atoms with van der Waals surface area (Å²) in [6.07, 6.45) is 0.157.